The Morgan fingerprint density at radius 1 is 1.33 bits per heavy atom. The lowest BCUT2D eigenvalue weighted by Gasteiger charge is -2.31. The van der Waals surface area contributed by atoms with Crippen LogP contribution in [0.5, 0.6) is 0 Å². The van der Waals surface area contributed by atoms with E-state index in [1.54, 1.807) is 6.20 Å². The van der Waals surface area contributed by atoms with E-state index < -0.39 is 0 Å². The van der Waals surface area contributed by atoms with Crippen LogP contribution in [0.2, 0.25) is 0 Å². The summed E-state index contributed by atoms with van der Waals surface area (Å²) in [7, 11) is 0. The van der Waals surface area contributed by atoms with Gasteiger partial charge in [0.25, 0.3) is 0 Å². The molecule has 0 radical (unpaired) electrons. The molecular formula is C15H21N5O. The molecule has 1 aliphatic heterocycles. The highest BCUT2D eigenvalue weighted by Gasteiger charge is 2.19. The highest BCUT2D eigenvalue weighted by atomic mass is 16.3. The maximum Gasteiger partial charge on any atom is 0.224 e. The summed E-state index contributed by atoms with van der Waals surface area (Å²) in [6.45, 7) is 3.25. The van der Waals surface area contributed by atoms with Gasteiger partial charge in [0.15, 0.2) is 0 Å². The predicted octanol–water partition coefficient (Wildman–Crippen LogP) is 1.35. The Labute approximate surface area is 124 Å². The lowest BCUT2D eigenvalue weighted by Crippen LogP contribution is -2.38. The number of nitrogens with zero attached hydrogens (tertiary/aromatic N) is 4. The second kappa shape index (κ2) is 6.58. The molecule has 1 saturated heterocycles. The Hall–Kier alpha value is -2.08. The number of anilines is 2. The van der Waals surface area contributed by atoms with Gasteiger partial charge >= 0.3 is 0 Å². The van der Waals surface area contributed by atoms with Crippen molar-refractivity contribution in [2.45, 2.75) is 25.5 Å². The molecule has 21 heavy (non-hydrogen) atoms. The molecule has 112 valence electrons. The predicted molar refractivity (Wildman–Crippen MR) is 82.4 cm³/mol. The molecule has 1 atom stereocenters. The van der Waals surface area contributed by atoms with E-state index in [4.69, 9.17) is 0 Å². The third-order valence-corrected chi connectivity index (χ3v) is 3.68. The van der Waals surface area contributed by atoms with Crippen LogP contribution in [-0.4, -0.2) is 45.4 Å². The molecule has 1 aliphatic rings. The quantitative estimate of drug-likeness (QED) is 0.869. The van der Waals surface area contributed by atoms with Gasteiger partial charge < -0.3 is 19.9 Å². The van der Waals surface area contributed by atoms with Gasteiger partial charge in [0.05, 0.1) is 6.10 Å². The van der Waals surface area contributed by atoms with Crippen LogP contribution in [0.1, 0.15) is 12.8 Å². The van der Waals surface area contributed by atoms with E-state index >= 15 is 0 Å². The molecule has 0 bridgehead atoms. The molecule has 0 spiro atoms. The van der Waals surface area contributed by atoms with E-state index in [1.807, 2.05) is 30.6 Å². The van der Waals surface area contributed by atoms with Crippen molar-refractivity contribution in [3.8, 4) is 0 Å². The molecule has 0 saturated carbocycles. The Balaban J connectivity index is 1.57. The Morgan fingerprint density at radius 2 is 2.19 bits per heavy atom. The van der Waals surface area contributed by atoms with Gasteiger partial charge in [0.1, 0.15) is 5.82 Å². The SMILES string of the molecule is OC1CCCN(c2ccnc(NCCn3cccc3)n2)C1. The van der Waals surface area contributed by atoms with Gasteiger partial charge in [-0.25, -0.2) is 4.98 Å². The lowest BCUT2D eigenvalue weighted by atomic mass is 10.1. The van der Waals surface area contributed by atoms with E-state index in [1.165, 1.54) is 0 Å². The first-order valence-electron chi connectivity index (χ1n) is 7.42. The number of aromatic nitrogens is 3. The van der Waals surface area contributed by atoms with E-state index in [-0.39, 0.29) is 6.10 Å². The van der Waals surface area contributed by atoms with Crippen molar-refractivity contribution in [1.29, 1.82) is 0 Å². The monoisotopic (exact) mass is 287 g/mol. The standard InChI is InChI=1S/C15H21N5O/c21-13-4-3-10-20(12-13)14-5-6-16-15(18-14)17-7-11-19-8-1-2-9-19/h1-2,5-6,8-9,13,21H,3-4,7,10-12H2,(H,16,17,18). The number of hydrogen-bond donors (Lipinski definition) is 2. The largest absolute Gasteiger partial charge is 0.391 e. The fourth-order valence-corrected chi connectivity index (χ4v) is 2.59. The van der Waals surface area contributed by atoms with Crippen LogP contribution in [0, 0.1) is 0 Å². The molecule has 0 aliphatic carbocycles. The highest BCUT2D eigenvalue weighted by Crippen LogP contribution is 2.18. The Bertz CT molecular complexity index is 557. The molecule has 0 amide bonds. The summed E-state index contributed by atoms with van der Waals surface area (Å²) in [5, 5.41) is 13.0. The summed E-state index contributed by atoms with van der Waals surface area (Å²) in [5.41, 5.74) is 0. The maximum absolute atomic E-state index is 9.75. The molecule has 2 aromatic rings. The zero-order valence-corrected chi connectivity index (χ0v) is 12.0. The van der Waals surface area contributed by atoms with Crippen molar-refractivity contribution in [3.05, 3.63) is 36.8 Å². The van der Waals surface area contributed by atoms with Crippen LogP contribution in [0.25, 0.3) is 0 Å². The molecule has 0 aromatic carbocycles. The Morgan fingerprint density at radius 3 is 3.00 bits per heavy atom. The summed E-state index contributed by atoms with van der Waals surface area (Å²) in [6.07, 6.45) is 7.47. The minimum atomic E-state index is -0.251. The van der Waals surface area contributed by atoms with Crippen molar-refractivity contribution < 1.29 is 5.11 Å². The number of piperidine rings is 1. The summed E-state index contributed by atoms with van der Waals surface area (Å²) in [5.74, 6) is 1.52. The molecule has 6 heteroatoms. The van der Waals surface area contributed by atoms with Crippen LogP contribution in [0.15, 0.2) is 36.8 Å². The van der Waals surface area contributed by atoms with Gasteiger partial charge in [0, 0.05) is 44.8 Å². The van der Waals surface area contributed by atoms with E-state index in [0.29, 0.717) is 12.5 Å². The van der Waals surface area contributed by atoms with Crippen molar-refractivity contribution in [2.24, 2.45) is 0 Å². The van der Waals surface area contributed by atoms with Crippen LogP contribution >= 0.6 is 0 Å². The number of β-amino-alcohol motifs (C(OH)–C–C–N with tert-alkyl or cyclic N) is 1. The molecule has 2 aromatic heterocycles. The number of rotatable bonds is 5. The first-order valence-corrected chi connectivity index (χ1v) is 7.42. The van der Waals surface area contributed by atoms with Gasteiger partial charge in [-0.05, 0) is 31.0 Å². The average molecular weight is 287 g/mol. The second-order valence-electron chi connectivity index (χ2n) is 5.33. The van der Waals surface area contributed by atoms with Gasteiger partial charge in [-0.15, -0.1) is 0 Å². The van der Waals surface area contributed by atoms with Crippen molar-refractivity contribution in [1.82, 2.24) is 14.5 Å². The van der Waals surface area contributed by atoms with Crippen LogP contribution < -0.4 is 10.2 Å². The fourth-order valence-electron chi connectivity index (χ4n) is 2.59. The molecule has 2 N–H and O–H groups in total. The minimum absolute atomic E-state index is 0.251. The number of nitrogens with one attached hydrogen (secondary N) is 1. The number of aliphatic hydroxyl groups excluding tert-OH is 1. The first-order chi connectivity index (χ1) is 10.3. The third kappa shape index (κ3) is 3.72. The summed E-state index contributed by atoms with van der Waals surface area (Å²) in [6, 6.07) is 5.92. The molecule has 1 fully saturated rings. The van der Waals surface area contributed by atoms with Crippen LogP contribution in [0.3, 0.4) is 0 Å². The smallest absolute Gasteiger partial charge is 0.224 e. The zero-order chi connectivity index (χ0) is 14.5. The molecule has 3 rings (SSSR count). The van der Waals surface area contributed by atoms with Crippen molar-refractivity contribution in [3.63, 3.8) is 0 Å². The molecule has 6 nitrogen and oxygen atoms in total. The molecular weight excluding hydrogens is 266 g/mol. The average Bonchev–Trinajstić information content (AvgIpc) is 3.01. The minimum Gasteiger partial charge on any atom is -0.391 e. The number of hydrogen-bond acceptors (Lipinski definition) is 5. The number of aliphatic hydroxyl groups is 1. The zero-order valence-electron chi connectivity index (χ0n) is 12.0. The maximum atomic E-state index is 9.75. The molecule has 3 heterocycles. The summed E-state index contributed by atoms with van der Waals surface area (Å²) < 4.78 is 2.11. The summed E-state index contributed by atoms with van der Waals surface area (Å²) in [4.78, 5) is 10.9. The van der Waals surface area contributed by atoms with Gasteiger partial charge in [-0.1, -0.05) is 0 Å². The normalized spacial score (nSPS) is 18.7. The van der Waals surface area contributed by atoms with Gasteiger partial charge in [0.2, 0.25) is 5.95 Å². The Kier molecular flexibility index (Phi) is 4.35. The second-order valence-corrected chi connectivity index (χ2v) is 5.33. The fraction of sp³-hybridized carbons (Fsp3) is 0.467. The van der Waals surface area contributed by atoms with Crippen molar-refractivity contribution in [2.75, 3.05) is 29.9 Å². The van der Waals surface area contributed by atoms with E-state index in [2.05, 4.69) is 24.8 Å². The highest BCUT2D eigenvalue weighted by molar-refractivity contribution is 5.43. The summed E-state index contributed by atoms with van der Waals surface area (Å²) >= 11 is 0. The van der Waals surface area contributed by atoms with Crippen molar-refractivity contribution >= 4 is 11.8 Å². The first kappa shape index (κ1) is 13.9. The van der Waals surface area contributed by atoms with Crippen LogP contribution in [-0.2, 0) is 6.54 Å². The van der Waals surface area contributed by atoms with E-state index in [0.717, 1.165) is 38.3 Å². The van der Waals surface area contributed by atoms with Gasteiger partial charge in [-0.3, -0.25) is 0 Å². The third-order valence-electron chi connectivity index (χ3n) is 3.68. The lowest BCUT2D eigenvalue weighted by molar-refractivity contribution is 0.154. The van der Waals surface area contributed by atoms with Gasteiger partial charge in [-0.2, -0.15) is 4.98 Å². The topological polar surface area (TPSA) is 66.2 Å². The van der Waals surface area contributed by atoms with Crippen LogP contribution in [0.4, 0.5) is 11.8 Å². The van der Waals surface area contributed by atoms with E-state index in [9.17, 15) is 5.11 Å². The molecule has 1 unspecified atom stereocenters.